The van der Waals surface area contributed by atoms with Gasteiger partial charge in [-0.25, -0.2) is 13.8 Å². The van der Waals surface area contributed by atoms with Crippen LogP contribution in [0.25, 0.3) is 0 Å². The Labute approximate surface area is 165 Å². The lowest BCUT2D eigenvalue weighted by Crippen LogP contribution is -2.33. The van der Waals surface area contributed by atoms with Crippen molar-refractivity contribution in [3.05, 3.63) is 53.0 Å². The molecule has 2 aromatic rings. The molecule has 0 N–H and O–H groups in total. The summed E-state index contributed by atoms with van der Waals surface area (Å²) in [5.41, 5.74) is 3.05. The molecule has 0 atom stereocenters. The van der Waals surface area contributed by atoms with E-state index in [9.17, 15) is 22.4 Å². The summed E-state index contributed by atoms with van der Waals surface area (Å²) in [7, 11) is 0. The lowest BCUT2D eigenvalue weighted by molar-refractivity contribution is -0.148. The van der Waals surface area contributed by atoms with Gasteiger partial charge in [-0.1, -0.05) is 28.7 Å². The second kappa shape index (κ2) is 7.95. The van der Waals surface area contributed by atoms with Crippen molar-refractivity contribution in [2.45, 2.75) is 29.9 Å². The molecule has 1 amide bonds. The molecule has 0 saturated carbocycles. The quantitative estimate of drug-likeness (QED) is 0.333. The zero-order chi connectivity index (χ0) is 19.6. The van der Waals surface area contributed by atoms with Gasteiger partial charge in [0, 0.05) is 47.1 Å². The monoisotopic (exact) mass is 495 g/mol. The molecule has 3 rings (SSSR count). The summed E-state index contributed by atoms with van der Waals surface area (Å²) in [5, 5.41) is 0. The van der Waals surface area contributed by atoms with Gasteiger partial charge in [-0.05, 0) is 11.6 Å². The van der Waals surface area contributed by atoms with Gasteiger partial charge in [0.2, 0.25) is 5.88 Å². The molecular weight excluding hydrogens is 481 g/mol. The zero-order valence-corrected chi connectivity index (χ0v) is 16.0. The molecule has 0 unspecified atom stereocenters. The third-order valence-electron chi connectivity index (χ3n) is 4.04. The Morgan fingerprint density at radius 3 is 2.67 bits per heavy atom. The summed E-state index contributed by atoms with van der Waals surface area (Å²) >= 11 is 2.19. The lowest BCUT2D eigenvalue weighted by Gasteiger charge is -2.17. The van der Waals surface area contributed by atoms with Crippen LogP contribution in [0.4, 0.5) is 17.6 Å². The Bertz CT molecular complexity index is 833. The van der Waals surface area contributed by atoms with Gasteiger partial charge in [0.25, 0.3) is 5.91 Å². The van der Waals surface area contributed by atoms with Crippen LogP contribution in [0, 0.1) is 0 Å². The van der Waals surface area contributed by atoms with E-state index in [1.807, 2.05) is 0 Å². The standard InChI is InChI=1S/C17H14F4IN3O2/c18-16(19)17(20,21)9-27-14-2-1-10(6-24-14)7-25-8-12-11(15(25)26)3-4-23-13(12)5-22/h1-4,6,16H,5,7-9H2. The molecule has 1 aliphatic heterocycles. The van der Waals surface area contributed by atoms with Gasteiger partial charge in [-0.15, -0.1) is 0 Å². The molecule has 0 aromatic carbocycles. The third-order valence-corrected chi connectivity index (χ3v) is 4.76. The number of carbonyl (C=O) groups excluding carboxylic acids is 1. The first-order chi connectivity index (χ1) is 12.8. The van der Waals surface area contributed by atoms with Gasteiger partial charge in [0.15, 0.2) is 6.61 Å². The van der Waals surface area contributed by atoms with Gasteiger partial charge in [0.1, 0.15) is 0 Å². The van der Waals surface area contributed by atoms with E-state index in [-0.39, 0.29) is 18.3 Å². The second-order valence-electron chi connectivity index (χ2n) is 5.93. The number of carbonyl (C=O) groups is 1. The summed E-state index contributed by atoms with van der Waals surface area (Å²) in [4.78, 5) is 22.3. The van der Waals surface area contributed by atoms with E-state index >= 15 is 0 Å². The Kier molecular flexibility index (Phi) is 5.82. The SMILES string of the molecule is O=C1c2ccnc(CI)c2CN1Cc1ccc(OCC(F)(F)C(F)F)nc1. The molecule has 2 aromatic heterocycles. The largest absolute Gasteiger partial charge is 0.471 e. The maximum Gasteiger partial charge on any atom is 0.340 e. The molecular formula is C17H14F4IN3O2. The first-order valence-electron chi connectivity index (χ1n) is 7.87. The maximum atomic E-state index is 12.9. The predicted octanol–water partition coefficient (Wildman–Crippen LogP) is 3.85. The fraction of sp³-hybridized carbons (Fsp3) is 0.353. The van der Waals surface area contributed by atoms with Crippen LogP contribution in [0.2, 0.25) is 0 Å². The highest BCUT2D eigenvalue weighted by Gasteiger charge is 2.41. The van der Waals surface area contributed by atoms with Crippen LogP contribution in [0.5, 0.6) is 5.88 Å². The number of fused-ring (bicyclic) bond motifs is 1. The fourth-order valence-electron chi connectivity index (χ4n) is 2.63. The first kappa shape index (κ1) is 19.8. The lowest BCUT2D eigenvalue weighted by atomic mass is 10.1. The molecule has 0 saturated heterocycles. The molecule has 0 bridgehead atoms. The third kappa shape index (κ3) is 4.30. The van der Waals surface area contributed by atoms with Crippen LogP contribution >= 0.6 is 22.6 Å². The number of pyridine rings is 2. The molecule has 10 heteroatoms. The number of aromatic nitrogens is 2. The summed E-state index contributed by atoms with van der Waals surface area (Å²) in [6, 6.07) is 4.55. The maximum absolute atomic E-state index is 12.9. The van der Waals surface area contributed by atoms with Gasteiger partial charge >= 0.3 is 12.3 Å². The normalized spacial score (nSPS) is 14.0. The number of hydrogen-bond donors (Lipinski definition) is 0. The van der Waals surface area contributed by atoms with E-state index in [2.05, 4.69) is 37.3 Å². The summed E-state index contributed by atoms with van der Waals surface area (Å²) in [5.74, 6) is -4.54. The van der Waals surface area contributed by atoms with Crippen LogP contribution in [0.3, 0.4) is 0 Å². The van der Waals surface area contributed by atoms with E-state index in [0.717, 1.165) is 11.3 Å². The van der Waals surface area contributed by atoms with Crippen molar-refractivity contribution in [1.82, 2.24) is 14.9 Å². The van der Waals surface area contributed by atoms with Crippen LogP contribution in [0.15, 0.2) is 30.6 Å². The smallest absolute Gasteiger partial charge is 0.340 e. The summed E-state index contributed by atoms with van der Waals surface area (Å²) < 4.78 is 55.3. The van der Waals surface area contributed by atoms with Crippen molar-refractivity contribution in [2.75, 3.05) is 6.61 Å². The minimum Gasteiger partial charge on any atom is -0.471 e. The van der Waals surface area contributed by atoms with E-state index < -0.39 is 19.0 Å². The van der Waals surface area contributed by atoms with Gasteiger partial charge in [-0.3, -0.25) is 9.78 Å². The predicted molar refractivity (Wildman–Crippen MR) is 96.2 cm³/mol. The Hall–Kier alpha value is -1.98. The number of rotatable bonds is 7. The molecule has 0 aliphatic carbocycles. The molecule has 5 nitrogen and oxygen atoms in total. The minimum atomic E-state index is -4.24. The summed E-state index contributed by atoms with van der Waals surface area (Å²) in [6.45, 7) is -0.753. The van der Waals surface area contributed by atoms with Crippen molar-refractivity contribution in [2.24, 2.45) is 0 Å². The number of alkyl halides is 5. The first-order valence-corrected chi connectivity index (χ1v) is 9.40. The topological polar surface area (TPSA) is 55.3 Å². The molecule has 27 heavy (non-hydrogen) atoms. The molecule has 0 radical (unpaired) electrons. The average molecular weight is 495 g/mol. The van der Waals surface area contributed by atoms with Crippen molar-refractivity contribution in [3.63, 3.8) is 0 Å². The van der Waals surface area contributed by atoms with E-state index in [1.165, 1.54) is 12.3 Å². The Morgan fingerprint density at radius 1 is 1.26 bits per heavy atom. The zero-order valence-electron chi connectivity index (χ0n) is 13.8. The molecule has 144 valence electrons. The van der Waals surface area contributed by atoms with Crippen molar-refractivity contribution < 1.29 is 27.1 Å². The van der Waals surface area contributed by atoms with Gasteiger partial charge < -0.3 is 9.64 Å². The van der Waals surface area contributed by atoms with Crippen LogP contribution in [-0.4, -0.2) is 39.7 Å². The second-order valence-corrected chi connectivity index (χ2v) is 6.70. The van der Waals surface area contributed by atoms with Gasteiger partial charge in [-0.2, -0.15) is 8.78 Å². The number of amides is 1. The number of ether oxygens (including phenoxy) is 1. The highest BCUT2D eigenvalue weighted by molar-refractivity contribution is 14.1. The van der Waals surface area contributed by atoms with Crippen LogP contribution in [0.1, 0.15) is 27.2 Å². The van der Waals surface area contributed by atoms with Crippen molar-refractivity contribution in [1.29, 1.82) is 0 Å². The van der Waals surface area contributed by atoms with Crippen LogP contribution < -0.4 is 4.74 Å². The molecule has 1 aliphatic rings. The molecule has 0 spiro atoms. The van der Waals surface area contributed by atoms with E-state index in [1.54, 1.807) is 23.2 Å². The Balaban J connectivity index is 1.63. The molecule has 3 heterocycles. The fourth-order valence-corrected chi connectivity index (χ4v) is 3.29. The summed E-state index contributed by atoms with van der Waals surface area (Å²) in [6.07, 6.45) is -0.831. The van der Waals surface area contributed by atoms with Crippen molar-refractivity contribution in [3.8, 4) is 5.88 Å². The number of halogens is 5. The highest BCUT2D eigenvalue weighted by Crippen LogP contribution is 2.28. The van der Waals surface area contributed by atoms with E-state index in [4.69, 9.17) is 0 Å². The Morgan fingerprint density at radius 2 is 2.04 bits per heavy atom. The van der Waals surface area contributed by atoms with Gasteiger partial charge in [0.05, 0.1) is 5.69 Å². The number of nitrogens with zero attached hydrogens (tertiary/aromatic N) is 3. The number of hydrogen-bond acceptors (Lipinski definition) is 4. The molecule has 0 fully saturated rings. The highest BCUT2D eigenvalue weighted by atomic mass is 127. The minimum absolute atomic E-state index is 0.115. The van der Waals surface area contributed by atoms with E-state index in [0.29, 0.717) is 22.1 Å². The van der Waals surface area contributed by atoms with Crippen LogP contribution in [-0.2, 0) is 17.5 Å². The average Bonchev–Trinajstić information content (AvgIpc) is 2.97. The van der Waals surface area contributed by atoms with Crippen molar-refractivity contribution >= 4 is 28.5 Å².